The molecule has 0 saturated heterocycles. The van der Waals surface area contributed by atoms with Crippen LogP contribution in [0.3, 0.4) is 0 Å². The Morgan fingerprint density at radius 2 is 1.00 bits per heavy atom. The molecular weight excluding hydrogens is 446 g/mol. The van der Waals surface area contributed by atoms with Crippen molar-refractivity contribution in [2.45, 2.75) is 6.92 Å². The first kappa shape index (κ1) is 19.3. The predicted octanol–water partition coefficient (Wildman–Crippen LogP) is 9.97. The molecule has 168 valence electrons. The van der Waals surface area contributed by atoms with E-state index in [4.69, 9.17) is 0 Å². The quantitative estimate of drug-likeness (QED) is 0.204. The van der Waals surface area contributed by atoms with Crippen molar-refractivity contribution in [3.05, 3.63) is 108 Å². The zero-order valence-electron chi connectivity index (χ0n) is 20.2. The second kappa shape index (κ2) is 6.44. The maximum atomic E-state index is 9.71. The number of hydrogen-bond donors (Lipinski definition) is 0. The summed E-state index contributed by atoms with van der Waals surface area (Å²) >= 11 is 0. The van der Waals surface area contributed by atoms with Gasteiger partial charge < -0.3 is 0 Å². The summed E-state index contributed by atoms with van der Waals surface area (Å²) in [7, 11) is 0. The molecule has 1 heteroatoms. The molecule has 9 aromatic carbocycles. The van der Waals surface area contributed by atoms with E-state index in [0.717, 1.165) is 10.9 Å². The van der Waals surface area contributed by atoms with Gasteiger partial charge in [-0.25, -0.2) is 0 Å². The van der Waals surface area contributed by atoms with Crippen molar-refractivity contribution < 1.29 is 0 Å². The molecule has 0 aromatic heterocycles. The van der Waals surface area contributed by atoms with Gasteiger partial charge in [-0.3, -0.25) is 0 Å². The zero-order valence-corrected chi connectivity index (χ0v) is 20.2. The molecule has 9 aromatic rings. The Morgan fingerprint density at radius 1 is 0.432 bits per heavy atom. The summed E-state index contributed by atoms with van der Waals surface area (Å²) in [6, 6.07) is 38.3. The zero-order chi connectivity index (χ0) is 24.4. The summed E-state index contributed by atoms with van der Waals surface area (Å²) in [6.07, 6.45) is 0. The monoisotopic (exact) mass is 465 g/mol. The highest BCUT2D eigenvalue weighted by Gasteiger charge is 2.17. The van der Waals surface area contributed by atoms with E-state index in [-0.39, 0.29) is 0 Å². The normalized spacial score (nSPS) is 12.4. The fourth-order valence-electron chi connectivity index (χ4n) is 7.00. The average Bonchev–Trinajstić information content (AvgIpc) is 3.39. The highest BCUT2D eigenvalue weighted by molar-refractivity contribution is 6.37. The molecule has 37 heavy (non-hydrogen) atoms. The summed E-state index contributed by atoms with van der Waals surface area (Å²) in [5.41, 5.74) is 1.94. The third-order valence-electron chi connectivity index (χ3n) is 8.48. The highest BCUT2D eigenvalue weighted by Crippen LogP contribution is 2.45. The SMILES string of the molecule is Cc1cc2cc(C#N)cc3c4cc5cc6c(cc5cc4c(c1)c23)c1cccc2c3ccccc3cc6c21. The van der Waals surface area contributed by atoms with Gasteiger partial charge in [0.1, 0.15) is 0 Å². The van der Waals surface area contributed by atoms with E-state index in [1.54, 1.807) is 0 Å². The fraction of sp³-hybridized carbons (Fsp3) is 0.0278. The van der Waals surface area contributed by atoms with Gasteiger partial charge in [0.05, 0.1) is 11.6 Å². The van der Waals surface area contributed by atoms with Crippen molar-refractivity contribution in [3.8, 4) is 6.07 Å². The smallest absolute Gasteiger partial charge is 0.0992 e. The number of aryl methyl sites for hydroxylation is 1. The third-order valence-corrected chi connectivity index (χ3v) is 8.48. The number of rotatable bonds is 0. The summed E-state index contributed by atoms with van der Waals surface area (Å²) in [4.78, 5) is 0. The molecule has 0 heterocycles. The van der Waals surface area contributed by atoms with Gasteiger partial charge in [0.15, 0.2) is 0 Å². The Hall–Kier alpha value is -4.93. The van der Waals surface area contributed by atoms with Crippen molar-refractivity contribution in [3.63, 3.8) is 0 Å². The van der Waals surface area contributed by atoms with E-state index in [2.05, 4.69) is 104 Å². The lowest BCUT2D eigenvalue weighted by molar-refractivity contribution is 1.50. The molecule has 0 saturated carbocycles. The average molecular weight is 466 g/mol. The van der Waals surface area contributed by atoms with E-state index >= 15 is 0 Å². The largest absolute Gasteiger partial charge is 0.192 e. The van der Waals surface area contributed by atoms with Gasteiger partial charge in [-0.15, -0.1) is 0 Å². The van der Waals surface area contributed by atoms with Gasteiger partial charge in [-0.2, -0.15) is 5.26 Å². The van der Waals surface area contributed by atoms with Crippen LogP contribution in [0, 0.1) is 18.3 Å². The molecule has 0 bridgehead atoms. The Bertz CT molecular complexity index is 2470. The fourth-order valence-corrected chi connectivity index (χ4v) is 7.00. The molecule has 0 aliphatic carbocycles. The number of fused-ring (bicyclic) bond motifs is 9. The standard InChI is InChI=1S/C36H19N/c1-19-9-24-11-20(18-37)12-33-31-17-23-15-29-28(14-22(23)16-30(31)32(10-19)35(24)33)27-8-4-7-26-25-6-3-2-5-21(25)13-34(29)36(26)27/h2-17H,1H3. The van der Waals surface area contributed by atoms with Crippen LogP contribution in [0.25, 0.3) is 86.2 Å². The minimum absolute atomic E-state index is 0.718. The van der Waals surface area contributed by atoms with Crippen LogP contribution in [0.5, 0.6) is 0 Å². The summed E-state index contributed by atoms with van der Waals surface area (Å²) in [5.74, 6) is 0. The molecule has 0 radical (unpaired) electrons. The van der Waals surface area contributed by atoms with Crippen LogP contribution < -0.4 is 0 Å². The Balaban J connectivity index is 1.49. The summed E-state index contributed by atoms with van der Waals surface area (Å²) in [6.45, 7) is 2.14. The molecule has 0 spiro atoms. The summed E-state index contributed by atoms with van der Waals surface area (Å²) < 4.78 is 0. The van der Waals surface area contributed by atoms with Crippen molar-refractivity contribution in [2.24, 2.45) is 0 Å². The molecule has 0 N–H and O–H groups in total. The Morgan fingerprint density at radius 3 is 1.73 bits per heavy atom. The number of hydrogen-bond acceptors (Lipinski definition) is 1. The first-order chi connectivity index (χ1) is 18.2. The molecule has 0 fully saturated rings. The third kappa shape index (κ3) is 2.33. The van der Waals surface area contributed by atoms with Gasteiger partial charge in [0.2, 0.25) is 0 Å². The molecule has 0 amide bonds. The molecule has 0 atom stereocenters. The van der Waals surface area contributed by atoms with Crippen LogP contribution in [0.15, 0.2) is 97.1 Å². The van der Waals surface area contributed by atoms with Crippen molar-refractivity contribution in [1.82, 2.24) is 0 Å². The van der Waals surface area contributed by atoms with Gasteiger partial charge >= 0.3 is 0 Å². The Labute approximate surface area is 212 Å². The van der Waals surface area contributed by atoms with Crippen LogP contribution in [-0.2, 0) is 0 Å². The lowest BCUT2D eigenvalue weighted by atomic mass is 9.99. The minimum atomic E-state index is 0.718. The van der Waals surface area contributed by atoms with Crippen LogP contribution >= 0.6 is 0 Å². The molecule has 9 rings (SSSR count). The summed E-state index contributed by atoms with van der Waals surface area (Å²) in [5, 5.41) is 30.2. The van der Waals surface area contributed by atoms with Crippen molar-refractivity contribution >= 4 is 86.2 Å². The number of nitriles is 1. The van der Waals surface area contributed by atoms with Gasteiger partial charge in [0.25, 0.3) is 0 Å². The van der Waals surface area contributed by atoms with Crippen LogP contribution in [0.2, 0.25) is 0 Å². The van der Waals surface area contributed by atoms with Gasteiger partial charge in [0, 0.05) is 0 Å². The maximum Gasteiger partial charge on any atom is 0.0992 e. The minimum Gasteiger partial charge on any atom is -0.192 e. The number of nitrogens with zero attached hydrogens (tertiary/aromatic N) is 1. The van der Waals surface area contributed by atoms with Crippen molar-refractivity contribution in [1.29, 1.82) is 5.26 Å². The highest BCUT2D eigenvalue weighted by atomic mass is 14.2. The van der Waals surface area contributed by atoms with E-state index in [0.29, 0.717) is 0 Å². The van der Waals surface area contributed by atoms with E-state index < -0.39 is 0 Å². The predicted molar refractivity (Wildman–Crippen MR) is 158 cm³/mol. The second-order valence-electron chi connectivity index (χ2n) is 10.6. The second-order valence-corrected chi connectivity index (χ2v) is 10.6. The number of benzene rings is 7. The van der Waals surface area contributed by atoms with Crippen LogP contribution in [-0.4, -0.2) is 0 Å². The van der Waals surface area contributed by atoms with Crippen molar-refractivity contribution in [2.75, 3.05) is 0 Å². The van der Waals surface area contributed by atoms with Gasteiger partial charge in [-0.1, -0.05) is 54.6 Å². The Kier molecular flexibility index (Phi) is 3.35. The first-order valence-electron chi connectivity index (χ1n) is 12.7. The lowest BCUT2D eigenvalue weighted by Crippen LogP contribution is -1.79. The molecule has 0 aliphatic heterocycles. The van der Waals surface area contributed by atoms with E-state index in [9.17, 15) is 5.26 Å². The van der Waals surface area contributed by atoms with Crippen LogP contribution in [0.1, 0.15) is 11.1 Å². The van der Waals surface area contributed by atoms with E-state index in [1.165, 1.54) is 86.4 Å². The maximum absolute atomic E-state index is 9.71. The molecule has 0 aliphatic rings. The lowest BCUT2D eigenvalue weighted by Gasteiger charge is -2.05. The van der Waals surface area contributed by atoms with Gasteiger partial charge in [-0.05, 0) is 141 Å². The topological polar surface area (TPSA) is 23.8 Å². The first-order valence-corrected chi connectivity index (χ1v) is 12.7. The van der Waals surface area contributed by atoms with E-state index in [1.807, 2.05) is 6.07 Å². The van der Waals surface area contributed by atoms with Crippen LogP contribution in [0.4, 0.5) is 0 Å². The molecular formula is C36H19N. The molecule has 0 unspecified atom stereocenters. The molecule has 1 nitrogen and oxygen atoms in total.